The molecule has 21 heavy (non-hydrogen) atoms. The summed E-state index contributed by atoms with van der Waals surface area (Å²) in [6.45, 7) is 3.44. The van der Waals surface area contributed by atoms with Gasteiger partial charge < -0.3 is 14.2 Å². The quantitative estimate of drug-likeness (QED) is 0.311. The normalized spacial score (nSPS) is 35.4. The summed E-state index contributed by atoms with van der Waals surface area (Å²) in [7, 11) is 0. The van der Waals surface area contributed by atoms with Crippen LogP contribution in [0, 0.1) is 5.92 Å². The third-order valence-electron chi connectivity index (χ3n) is 3.99. The van der Waals surface area contributed by atoms with Crippen LogP contribution in [0.3, 0.4) is 0 Å². The molecule has 0 radical (unpaired) electrons. The van der Waals surface area contributed by atoms with Crippen LogP contribution in [0.1, 0.15) is 19.3 Å². The Morgan fingerprint density at radius 2 is 2.29 bits per heavy atom. The number of fused-ring (bicyclic) bond motifs is 1. The maximum absolute atomic E-state index is 11.8. The van der Waals surface area contributed by atoms with Gasteiger partial charge in [0.25, 0.3) is 0 Å². The molecule has 0 amide bonds. The average molecular weight is 312 g/mol. The standard InChI is InChI=1S/C14H16O6S/c1-2-9(15)18-5-3-4-10(16)19-11-8-6-7-13(21-8)12(11)20-14(7)17/h2,7-8,11-13H,1,3-6H2. The molecule has 3 rings (SSSR count). The number of esters is 3. The fourth-order valence-electron chi connectivity index (χ4n) is 3.04. The van der Waals surface area contributed by atoms with Crippen LogP contribution in [-0.4, -0.2) is 47.2 Å². The minimum atomic E-state index is -0.503. The summed E-state index contributed by atoms with van der Waals surface area (Å²) < 4.78 is 15.6. The van der Waals surface area contributed by atoms with Crippen molar-refractivity contribution in [1.29, 1.82) is 0 Å². The second kappa shape index (κ2) is 5.71. The maximum atomic E-state index is 11.8. The Morgan fingerprint density at radius 1 is 1.48 bits per heavy atom. The molecule has 5 unspecified atom stereocenters. The maximum Gasteiger partial charge on any atom is 0.330 e. The minimum Gasteiger partial charge on any atom is -0.463 e. The Morgan fingerprint density at radius 3 is 3.05 bits per heavy atom. The van der Waals surface area contributed by atoms with Gasteiger partial charge in [-0.3, -0.25) is 9.59 Å². The number of hydrogen-bond donors (Lipinski definition) is 0. The topological polar surface area (TPSA) is 78.9 Å². The SMILES string of the molecule is C=CC(=O)OCCCC(=O)OC1C2CC3C(=O)OC1C3S2. The predicted molar refractivity (Wildman–Crippen MR) is 73.4 cm³/mol. The first kappa shape index (κ1) is 14.4. The van der Waals surface area contributed by atoms with Gasteiger partial charge in [0, 0.05) is 17.7 Å². The number of thioether (sulfide) groups is 1. The zero-order valence-electron chi connectivity index (χ0n) is 11.4. The molecule has 0 aliphatic carbocycles. The van der Waals surface area contributed by atoms with E-state index in [0.717, 1.165) is 12.5 Å². The first-order valence-corrected chi connectivity index (χ1v) is 7.89. The fraction of sp³-hybridized carbons (Fsp3) is 0.643. The van der Waals surface area contributed by atoms with E-state index in [2.05, 4.69) is 6.58 Å². The second-order valence-electron chi connectivity index (χ2n) is 5.31. The predicted octanol–water partition coefficient (Wildman–Crippen LogP) is 0.837. The van der Waals surface area contributed by atoms with Gasteiger partial charge in [0.1, 0.15) is 0 Å². The summed E-state index contributed by atoms with van der Waals surface area (Å²) in [6, 6.07) is 0. The van der Waals surface area contributed by atoms with Gasteiger partial charge in [-0.15, -0.1) is 11.8 Å². The summed E-state index contributed by atoms with van der Waals surface area (Å²) in [5.74, 6) is -1.02. The van der Waals surface area contributed by atoms with Gasteiger partial charge in [0.05, 0.1) is 17.8 Å². The molecule has 2 bridgehead atoms. The van der Waals surface area contributed by atoms with Crippen molar-refractivity contribution in [2.45, 2.75) is 42.0 Å². The molecule has 3 aliphatic heterocycles. The number of carbonyl (C=O) groups is 3. The van der Waals surface area contributed by atoms with Crippen LogP contribution in [0.15, 0.2) is 12.7 Å². The number of ether oxygens (including phenoxy) is 3. The van der Waals surface area contributed by atoms with Crippen LogP contribution < -0.4 is 0 Å². The molecule has 114 valence electrons. The summed E-state index contributed by atoms with van der Waals surface area (Å²) in [6.07, 6.45) is 1.78. The highest BCUT2D eigenvalue weighted by Gasteiger charge is 2.64. The van der Waals surface area contributed by atoms with E-state index in [1.165, 1.54) is 0 Å². The molecule has 3 saturated heterocycles. The monoisotopic (exact) mass is 312 g/mol. The summed E-state index contributed by atoms with van der Waals surface area (Å²) in [4.78, 5) is 34.2. The Kier molecular flexibility index (Phi) is 3.93. The lowest BCUT2D eigenvalue weighted by atomic mass is 9.88. The molecule has 3 heterocycles. The van der Waals surface area contributed by atoms with Crippen molar-refractivity contribution in [3.8, 4) is 0 Å². The molecule has 5 atom stereocenters. The highest BCUT2D eigenvalue weighted by molar-refractivity contribution is 8.01. The fourth-order valence-corrected chi connectivity index (χ4v) is 4.91. The van der Waals surface area contributed by atoms with Gasteiger partial charge in [0.2, 0.25) is 0 Å². The van der Waals surface area contributed by atoms with Gasteiger partial charge in [-0.2, -0.15) is 0 Å². The van der Waals surface area contributed by atoms with Gasteiger partial charge >= 0.3 is 17.9 Å². The molecular weight excluding hydrogens is 296 g/mol. The van der Waals surface area contributed by atoms with Crippen LogP contribution in [-0.2, 0) is 28.6 Å². The van der Waals surface area contributed by atoms with Crippen LogP contribution in [0.25, 0.3) is 0 Å². The van der Waals surface area contributed by atoms with Crippen molar-refractivity contribution < 1.29 is 28.6 Å². The largest absolute Gasteiger partial charge is 0.463 e. The van der Waals surface area contributed by atoms with E-state index in [-0.39, 0.29) is 53.6 Å². The van der Waals surface area contributed by atoms with Crippen LogP contribution >= 0.6 is 11.8 Å². The van der Waals surface area contributed by atoms with Gasteiger partial charge in [-0.1, -0.05) is 6.58 Å². The zero-order chi connectivity index (χ0) is 15.0. The molecule has 0 aromatic carbocycles. The van der Waals surface area contributed by atoms with Gasteiger partial charge in [-0.05, 0) is 12.8 Å². The van der Waals surface area contributed by atoms with Gasteiger partial charge in [-0.25, -0.2) is 4.79 Å². The number of rotatable bonds is 6. The van der Waals surface area contributed by atoms with Crippen LogP contribution in [0.2, 0.25) is 0 Å². The first-order valence-electron chi connectivity index (χ1n) is 6.95. The summed E-state index contributed by atoms with van der Waals surface area (Å²) >= 11 is 1.70. The van der Waals surface area contributed by atoms with E-state index >= 15 is 0 Å². The third kappa shape index (κ3) is 2.66. The van der Waals surface area contributed by atoms with E-state index in [1.54, 1.807) is 11.8 Å². The van der Waals surface area contributed by atoms with Crippen molar-refractivity contribution in [3.63, 3.8) is 0 Å². The van der Waals surface area contributed by atoms with Crippen molar-refractivity contribution in [2.24, 2.45) is 5.92 Å². The molecule has 0 aromatic heterocycles. The number of carbonyl (C=O) groups excluding carboxylic acids is 3. The lowest BCUT2D eigenvalue weighted by Crippen LogP contribution is -2.40. The summed E-state index contributed by atoms with van der Waals surface area (Å²) in [5, 5.41) is 0.313. The molecular formula is C14H16O6S. The average Bonchev–Trinajstić information content (AvgIpc) is 3.08. The highest BCUT2D eigenvalue weighted by Crippen LogP contribution is 2.55. The molecule has 0 aromatic rings. The smallest absolute Gasteiger partial charge is 0.330 e. The van der Waals surface area contributed by atoms with Crippen molar-refractivity contribution in [3.05, 3.63) is 12.7 Å². The minimum absolute atomic E-state index is 0.0155. The van der Waals surface area contributed by atoms with E-state index in [4.69, 9.17) is 14.2 Å². The highest BCUT2D eigenvalue weighted by atomic mass is 32.2. The summed E-state index contributed by atoms with van der Waals surface area (Å²) in [5.41, 5.74) is 0. The Bertz CT molecular complexity index is 490. The van der Waals surface area contributed by atoms with Crippen LogP contribution in [0.5, 0.6) is 0 Å². The molecule has 3 aliphatic rings. The van der Waals surface area contributed by atoms with E-state index in [1.807, 2.05) is 0 Å². The van der Waals surface area contributed by atoms with E-state index < -0.39 is 5.97 Å². The molecule has 7 heteroatoms. The molecule has 0 saturated carbocycles. The lowest BCUT2D eigenvalue weighted by Gasteiger charge is -2.23. The Balaban J connectivity index is 1.43. The molecule has 0 spiro atoms. The van der Waals surface area contributed by atoms with E-state index in [9.17, 15) is 14.4 Å². The molecule has 0 N–H and O–H groups in total. The first-order chi connectivity index (χ1) is 10.1. The zero-order valence-corrected chi connectivity index (χ0v) is 12.2. The third-order valence-corrected chi connectivity index (χ3v) is 5.71. The second-order valence-corrected chi connectivity index (χ2v) is 6.73. The van der Waals surface area contributed by atoms with E-state index in [0.29, 0.717) is 6.42 Å². The number of hydrogen-bond acceptors (Lipinski definition) is 7. The van der Waals surface area contributed by atoms with Crippen LogP contribution in [0.4, 0.5) is 0 Å². The molecule has 6 nitrogen and oxygen atoms in total. The molecule has 3 fully saturated rings. The van der Waals surface area contributed by atoms with Gasteiger partial charge in [0.15, 0.2) is 12.2 Å². The van der Waals surface area contributed by atoms with Crippen molar-refractivity contribution >= 4 is 29.7 Å². The Hall–Kier alpha value is -1.50. The lowest BCUT2D eigenvalue weighted by molar-refractivity contribution is -0.160. The van der Waals surface area contributed by atoms with Crippen molar-refractivity contribution in [1.82, 2.24) is 0 Å². The Labute approximate surface area is 126 Å². The van der Waals surface area contributed by atoms with Crippen molar-refractivity contribution in [2.75, 3.05) is 6.61 Å².